The van der Waals surface area contributed by atoms with E-state index in [0.717, 1.165) is 36.7 Å². The number of carbonyl (C=O) groups excluding carboxylic acids is 1. The van der Waals surface area contributed by atoms with Crippen LogP contribution < -0.4 is 0 Å². The van der Waals surface area contributed by atoms with Gasteiger partial charge in [-0.1, -0.05) is 12.8 Å². The largest absolute Gasteiger partial charge is 0.480 e. The van der Waals surface area contributed by atoms with Crippen molar-refractivity contribution in [1.29, 1.82) is 0 Å². The predicted molar refractivity (Wildman–Crippen MR) is 95.9 cm³/mol. The second-order valence-electron chi connectivity index (χ2n) is 7.73. The lowest BCUT2D eigenvalue weighted by atomic mass is 9.84. The number of pyridine rings is 1. The molecule has 0 bridgehead atoms. The summed E-state index contributed by atoms with van der Waals surface area (Å²) >= 11 is 0. The first-order chi connectivity index (χ1) is 12.5. The number of carbonyl (C=O) groups is 2. The number of carboxylic acids is 1. The molecule has 0 spiro atoms. The maximum atomic E-state index is 13.2. The molecule has 26 heavy (non-hydrogen) atoms. The van der Waals surface area contributed by atoms with Gasteiger partial charge in [-0.3, -0.25) is 4.79 Å². The maximum absolute atomic E-state index is 13.2. The average molecular weight is 356 g/mol. The summed E-state index contributed by atoms with van der Waals surface area (Å²) in [6.45, 7) is 4.05. The van der Waals surface area contributed by atoms with Crippen molar-refractivity contribution < 1.29 is 14.7 Å². The Morgan fingerprint density at radius 2 is 2.00 bits per heavy atom. The zero-order valence-corrected chi connectivity index (χ0v) is 15.1. The number of hydrogen-bond donors (Lipinski definition) is 1. The van der Waals surface area contributed by atoms with Crippen LogP contribution >= 0.6 is 0 Å². The predicted octanol–water partition coefficient (Wildman–Crippen LogP) is 2.87. The lowest BCUT2D eigenvalue weighted by Crippen LogP contribution is -2.46. The highest BCUT2D eigenvalue weighted by Crippen LogP contribution is 2.40. The van der Waals surface area contributed by atoms with E-state index in [9.17, 15) is 14.7 Å². The summed E-state index contributed by atoms with van der Waals surface area (Å²) in [6.07, 6.45) is 7.90. The fourth-order valence-electron chi connectivity index (χ4n) is 4.56. The second-order valence-corrected chi connectivity index (χ2v) is 7.73. The maximum Gasteiger partial charge on any atom is 0.326 e. The van der Waals surface area contributed by atoms with E-state index < -0.39 is 12.0 Å². The van der Waals surface area contributed by atoms with Crippen molar-refractivity contribution in [2.75, 3.05) is 0 Å². The third kappa shape index (κ3) is 2.66. The summed E-state index contributed by atoms with van der Waals surface area (Å²) in [5, 5.41) is 14.8. The quantitative estimate of drug-likeness (QED) is 0.913. The summed E-state index contributed by atoms with van der Waals surface area (Å²) in [5.74, 6) is -0.831. The highest BCUT2D eigenvalue weighted by atomic mass is 16.4. The van der Waals surface area contributed by atoms with Crippen molar-refractivity contribution >= 4 is 22.9 Å². The van der Waals surface area contributed by atoms with E-state index in [0.29, 0.717) is 17.9 Å². The van der Waals surface area contributed by atoms with Gasteiger partial charge in [-0.05, 0) is 45.1 Å². The fourth-order valence-corrected chi connectivity index (χ4v) is 4.56. The summed E-state index contributed by atoms with van der Waals surface area (Å²) in [4.78, 5) is 31.0. The number of amides is 1. The molecule has 138 valence electrons. The van der Waals surface area contributed by atoms with Crippen LogP contribution in [-0.4, -0.2) is 48.7 Å². The van der Waals surface area contributed by atoms with Gasteiger partial charge in [0.2, 0.25) is 0 Å². The van der Waals surface area contributed by atoms with Crippen molar-refractivity contribution in [1.82, 2.24) is 19.7 Å². The molecule has 2 aliphatic rings. The topological polar surface area (TPSA) is 88.3 Å². The van der Waals surface area contributed by atoms with E-state index in [1.54, 1.807) is 23.4 Å². The van der Waals surface area contributed by atoms with Gasteiger partial charge in [-0.25, -0.2) is 14.5 Å². The standard InChI is InChI=1S/C19H24N4O3/c1-11(2)23-17-13(10-21-23)7-14(9-20-17)18(24)22-15-6-4-3-5-12(15)8-16(22)19(25)26/h7,9-12,15-16H,3-6,8H2,1-2H3,(H,25,26). The molecule has 2 fully saturated rings. The van der Waals surface area contributed by atoms with Gasteiger partial charge in [0.1, 0.15) is 6.04 Å². The van der Waals surface area contributed by atoms with Crippen molar-refractivity contribution in [3.63, 3.8) is 0 Å². The Bertz CT molecular complexity index is 860. The Labute approximate surface area is 152 Å². The van der Waals surface area contributed by atoms with E-state index in [-0.39, 0.29) is 18.0 Å². The number of hydrogen-bond acceptors (Lipinski definition) is 4. The molecule has 3 atom stereocenters. The third-order valence-electron chi connectivity index (χ3n) is 5.78. The van der Waals surface area contributed by atoms with Crippen molar-refractivity contribution in [2.24, 2.45) is 5.92 Å². The normalized spacial score (nSPS) is 25.7. The molecular weight excluding hydrogens is 332 g/mol. The molecule has 1 saturated carbocycles. The van der Waals surface area contributed by atoms with Crippen LogP contribution in [0.15, 0.2) is 18.5 Å². The smallest absolute Gasteiger partial charge is 0.326 e. The Hall–Kier alpha value is -2.44. The van der Waals surface area contributed by atoms with Gasteiger partial charge in [-0.2, -0.15) is 5.10 Å². The molecule has 4 rings (SSSR count). The highest BCUT2D eigenvalue weighted by molar-refractivity contribution is 5.99. The minimum Gasteiger partial charge on any atom is -0.480 e. The molecule has 0 aromatic carbocycles. The van der Waals surface area contributed by atoms with Crippen molar-refractivity contribution in [3.8, 4) is 0 Å². The zero-order valence-electron chi connectivity index (χ0n) is 15.1. The third-order valence-corrected chi connectivity index (χ3v) is 5.78. The number of rotatable bonds is 3. The molecule has 3 heterocycles. The van der Waals surface area contributed by atoms with Crippen LogP contribution in [0, 0.1) is 5.92 Å². The number of aliphatic carboxylic acids is 1. The van der Waals surface area contributed by atoms with E-state index in [2.05, 4.69) is 10.1 Å². The van der Waals surface area contributed by atoms with Gasteiger partial charge in [0.05, 0.1) is 11.8 Å². The lowest BCUT2D eigenvalue weighted by Gasteiger charge is -2.33. The summed E-state index contributed by atoms with van der Waals surface area (Å²) in [6, 6.07) is 1.27. The molecule has 1 aliphatic carbocycles. The lowest BCUT2D eigenvalue weighted by molar-refractivity contribution is -0.141. The summed E-state index contributed by atoms with van der Waals surface area (Å²) in [7, 11) is 0. The van der Waals surface area contributed by atoms with Crippen LogP contribution in [0.2, 0.25) is 0 Å². The minimum atomic E-state index is -0.908. The number of fused-ring (bicyclic) bond motifs is 2. The van der Waals surface area contributed by atoms with Crippen molar-refractivity contribution in [3.05, 3.63) is 24.0 Å². The Balaban J connectivity index is 1.69. The van der Waals surface area contributed by atoms with Gasteiger partial charge < -0.3 is 10.0 Å². The summed E-state index contributed by atoms with van der Waals surface area (Å²) in [5.41, 5.74) is 1.18. The molecule has 2 aromatic rings. The van der Waals surface area contributed by atoms with E-state index in [1.165, 1.54) is 0 Å². The Morgan fingerprint density at radius 1 is 1.23 bits per heavy atom. The van der Waals surface area contributed by atoms with Crippen molar-refractivity contribution in [2.45, 2.75) is 64.1 Å². The molecule has 3 unspecified atom stereocenters. The molecule has 1 N–H and O–H groups in total. The monoisotopic (exact) mass is 356 g/mol. The van der Waals surface area contributed by atoms with Gasteiger partial charge in [0.25, 0.3) is 5.91 Å². The van der Waals surface area contributed by atoms with Crippen LogP contribution in [0.25, 0.3) is 11.0 Å². The molecule has 1 saturated heterocycles. The van der Waals surface area contributed by atoms with Gasteiger partial charge >= 0.3 is 5.97 Å². The first-order valence-electron chi connectivity index (χ1n) is 9.36. The van der Waals surface area contributed by atoms with E-state index in [1.807, 2.05) is 18.5 Å². The number of aromatic nitrogens is 3. The number of likely N-dealkylation sites (tertiary alicyclic amines) is 1. The molecule has 7 nitrogen and oxygen atoms in total. The van der Waals surface area contributed by atoms with E-state index in [4.69, 9.17) is 0 Å². The second kappa shape index (κ2) is 6.37. The van der Waals surface area contributed by atoms with Crippen LogP contribution in [0.1, 0.15) is 62.4 Å². The molecule has 7 heteroatoms. The first kappa shape index (κ1) is 17.0. The van der Waals surface area contributed by atoms with Crippen LogP contribution in [0.4, 0.5) is 0 Å². The fraction of sp³-hybridized carbons (Fsp3) is 0.579. The zero-order chi connectivity index (χ0) is 18.4. The van der Waals surface area contributed by atoms with Crippen LogP contribution in [-0.2, 0) is 4.79 Å². The molecular formula is C19H24N4O3. The number of nitrogens with zero attached hydrogens (tertiary/aromatic N) is 4. The minimum absolute atomic E-state index is 0.0337. The molecule has 1 amide bonds. The van der Waals surface area contributed by atoms with Crippen LogP contribution in [0.5, 0.6) is 0 Å². The Kier molecular flexibility index (Phi) is 4.17. The summed E-state index contributed by atoms with van der Waals surface area (Å²) < 4.78 is 1.82. The first-order valence-corrected chi connectivity index (χ1v) is 9.36. The Morgan fingerprint density at radius 3 is 2.73 bits per heavy atom. The molecule has 2 aromatic heterocycles. The SMILES string of the molecule is CC(C)n1ncc2cc(C(=O)N3C(C(=O)O)CC4CCCCC43)cnc21. The number of carboxylic acid groups (broad SMARTS) is 1. The van der Waals surface area contributed by atoms with Crippen LogP contribution in [0.3, 0.4) is 0 Å². The highest BCUT2D eigenvalue weighted by Gasteiger charge is 2.47. The molecule has 1 aliphatic heterocycles. The van der Waals surface area contributed by atoms with Gasteiger partial charge in [0.15, 0.2) is 5.65 Å². The average Bonchev–Trinajstić information content (AvgIpc) is 3.22. The molecule has 0 radical (unpaired) electrons. The van der Waals surface area contributed by atoms with Gasteiger partial charge in [-0.15, -0.1) is 0 Å². The van der Waals surface area contributed by atoms with Gasteiger partial charge in [0, 0.05) is 23.7 Å². The van der Waals surface area contributed by atoms with E-state index >= 15 is 0 Å².